The first kappa shape index (κ1) is 17.7. The summed E-state index contributed by atoms with van der Waals surface area (Å²) < 4.78 is 13.5. The second-order valence-corrected chi connectivity index (χ2v) is 8.53. The summed E-state index contributed by atoms with van der Waals surface area (Å²) in [5, 5.41) is 11.7. The summed E-state index contributed by atoms with van der Waals surface area (Å²) in [6.07, 6.45) is 5.73. The maximum absolute atomic E-state index is 13.5. The van der Waals surface area contributed by atoms with Crippen LogP contribution in [0, 0.1) is 5.13 Å². The topological polar surface area (TPSA) is 95.2 Å². The summed E-state index contributed by atoms with van der Waals surface area (Å²) >= 11 is 1.06. The van der Waals surface area contributed by atoms with Gasteiger partial charge in [0.1, 0.15) is 16.9 Å². The molecular weight excluding hydrogens is 401 g/mol. The van der Waals surface area contributed by atoms with Gasteiger partial charge in [0.25, 0.3) is 0 Å². The molecule has 0 radical (unpaired) electrons. The molecule has 7 nitrogen and oxygen atoms in total. The maximum atomic E-state index is 13.5. The lowest BCUT2D eigenvalue weighted by Crippen LogP contribution is -2.27. The minimum Gasteiger partial charge on any atom is -0.336 e. The summed E-state index contributed by atoms with van der Waals surface area (Å²) in [4.78, 5) is 18.0. The van der Waals surface area contributed by atoms with Gasteiger partial charge in [-0.05, 0) is 50.2 Å². The average molecular weight is 419 g/mol. The van der Waals surface area contributed by atoms with Crippen LogP contribution in [0.3, 0.4) is 0 Å². The zero-order valence-electron chi connectivity index (χ0n) is 15.9. The molecule has 1 saturated heterocycles. The second kappa shape index (κ2) is 6.96. The number of aromatic amines is 2. The van der Waals surface area contributed by atoms with Crippen molar-refractivity contribution in [1.29, 1.82) is 0 Å². The maximum Gasteiger partial charge on any atom is 0.177 e. The number of nitrogens with one attached hydrogen (secondary N) is 3. The van der Waals surface area contributed by atoms with Gasteiger partial charge in [-0.15, -0.1) is 11.3 Å². The van der Waals surface area contributed by atoms with Crippen LogP contribution < -0.4 is 5.32 Å². The molecule has 0 spiro atoms. The number of H-pyrrole nitrogens is 2. The molecule has 3 N–H and O–H groups in total. The van der Waals surface area contributed by atoms with E-state index in [4.69, 9.17) is 4.98 Å². The summed E-state index contributed by atoms with van der Waals surface area (Å²) in [5.41, 5.74) is 4.94. The van der Waals surface area contributed by atoms with Crippen LogP contribution in [-0.2, 0) is 0 Å². The Hall–Kier alpha value is -3.17. The van der Waals surface area contributed by atoms with E-state index in [1.165, 1.54) is 6.07 Å². The van der Waals surface area contributed by atoms with Crippen molar-refractivity contribution in [2.24, 2.45) is 0 Å². The molecule has 0 aliphatic carbocycles. The molecule has 150 valence electrons. The lowest BCUT2D eigenvalue weighted by atomic mass is 9.93. The number of hydrogen-bond donors (Lipinski definition) is 3. The minimum atomic E-state index is -0.240. The highest BCUT2D eigenvalue weighted by molar-refractivity contribution is 7.13. The van der Waals surface area contributed by atoms with Crippen molar-refractivity contribution in [2.75, 3.05) is 13.1 Å². The van der Waals surface area contributed by atoms with Gasteiger partial charge in [-0.2, -0.15) is 9.49 Å². The number of fused-ring (bicyclic) bond motifs is 2. The molecule has 5 aromatic rings. The monoisotopic (exact) mass is 419 g/mol. The first-order valence-electron chi connectivity index (χ1n) is 9.92. The molecule has 1 fully saturated rings. The zero-order valence-corrected chi connectivity index (χ0v) is 16.8. The molecule has 0 amide bonds. The molecule has 6 heterocycles. The SMILES string of the molecule is Fc1ccc(-c2nccc3[nH]c(-c4n[nH]c5cnc(C6CCNCC6)cc45)nc23)s1. The fourth-order valence-corrected chi connectivity index (χ4v) is 4.85. The molecular formula is C21H18FN7S. The lowest BCUT2D eigenvalue weighted by molar-refractivity contribution is 0.453. The van der Waals surface area contributed by atoms with Crippen molar-refractivity contribution in [3.63, 3.8) is 0 Å². The molecule has 0 bridgehead atoms. The number of thiophene rings is 1. The minimum absolute atomic E-state index is 0.240. The smallest absolute Gasteiger partial charge is 0.177 e. The van der Waals surface area contributed by atoms with Crippen LogP contribution in [0.1, 0.15) is 24.5 Å². The molecule has 0 aromatic carbocycles. The number of rotatable bonds is 3. The fraction of sp³-hybridized carbons (Fsp3) is 0.238. The van der Waals surface area contributed by atoms with Gasteiger partial charge in [0.05, 0.1) is 22.1 Å². The number of imidazole rings is 1. The third kappa shape index (κ3) is 2.89. The van der Waals surface area contributed by atoms with E-state index in [9.17, 15) is 4.39 Å². The van der Waals surface area contributed by atoms with Gasteiger partial charge >= 0.3 is 0 Å². The Morgan fingerprint density at radius 1 is 1.03 bits per heavy atom. The van der Waals surface area contributed by atoms with Crippen LogP contribution in [0.5, 0.6) is 0 Å². The molecule has 9 heteroatoms. The molecule has 6 rings (SSSR count). The Bertz CT molecular complexity index is 1360. The van der Waals surface area contributed by atoms with Gasteiger partial charge in [-0.1, -0.05) is 0 Å². The van der Waals surface area contributed by atoms with E-state index in [-0.39, 0.29) is 5.13 Å². The predicted molar refractivity (Wildman–Crippen MR) is 115 cm³/mol. The molecule has 0 saturated carbocycles. The first-order chi connectivity index (χ1) is 14.8. The lowest BCUT2D eigenvalue weighted by Gasteiger charge is -2.21. The quantitative estimate of drug-likeness (QED) is 0.407. The van der Waals surface area contributed by atoms with Crippen LogP contribution in [0.15, 0.2) is 36.7 Å². The largest absolute Gasteiger partial charge is 0.336 e. The van der Waals surface area contributed by atoms with Crippen molar-refractivity contribution >= 4 is 33.3 Å². The first-order valence-corrected chi connectivity index (χ1v) is 10.7. The van der Waals surface area contributed by atoms with Crippen molar-refractivity contribution < 1.29 is 4.39 Å². The van der Waals surface area contributed by atoms with Crippen LogP contribution in [0.25, 0.3) is 44.0 Å². The summed E-state index contributed by atoms with van der Waals surface area (Å²) in [6.45, 7) is 2.04. The van der Waals surface area contributed by atoms with E-state index in [1.807, 2.05) is 12.3 Å². The van der Waals surface area contributed by atoms with E-state index in [2.05, 4.69) is 36.5 Å². The van der Waals surface area contributed by atoms with Crippen LogP contribution in [0.4, 0.5) is 4.39 Å². The van der Waals surface area contributed by atoms with Crippen LogP contribution >= 0.6 is 11.3 Å². The fourth-order valence-electron chi connectivity index (χ4n) is 4.12. The number of halogens is 1. The normalized spacial score (nSPS) is 15.4. The Kier molecular flexibility index (Phi) is 4.10. The Balaban J connectivity index is 1.47. The molecule has 0 atom stereocenters. The third-order valence-electron chi connectivity index (χ3n) is 5.66. The van der Waals surface area contributed by atoms with Gasteiger partial charge in [0, 0.05) is 23.2 Å². The molecule has 1 aliphatic heterocycles. The molecule has 30 heavy (non-hydrogen) atoms. The highest BCUT2D eigenvalue weighted by Crippen LogP contribution is 2.34. The van der Waals surface area contributed by atoms with E-state index in [1.54, 1.807) is 12.3 Å². The van der Waals surface area contributed by atoms with Gasteiger partial charge < -0.3 is 10.3 Å². The van der Waals surface area contributed by atoms with E-state index >= 15 is 0 Å². The molecule has 0 unspecified atom stereocenters. The zero-order chi connectivity index (χ0) is 20.1. The molecule has 1 aliphatic rings. The highest BCUT2D eigenvalue weighted by Gasteiger charge is 2.20. The number of hydrogen-bond acceptors (Lipinski definition) is 6. The third-order valence-corrected chi connectivity index (χ3v) is 6.54. The van der Waals surface area contributed by atoms with Crippen LogP contribution in [-0.4, -0.2) is 43.2 Å². The van der Waals surface area contributed by atoms with E-state index in [0.29, 0.717) is 23.0 Å². The van der Waals surface area contributed by atoms with Gasteiger partial charge in [-0.3, -0.25) is 15.1 Å². The van der Waals surface area contributed by atoms with Crippen LogP contribution in [0.2, 0.25) is 0 Å². The average Bonchev–Trinajstić information content (AvgIpc) is 3.51. The van der Waals surface area contributed by atoms with E-state index < -0.39 is 0 Å². The highest BCUT2D eigenvalue weighted by atomic mass is 32.1. The van der Waals surface area contributed by atoms with Gasteiger partial charge in [0.15, 0.2) is 11.0 Å². The Morgan fingerprint density at radius 3 is 2.77 bits per heavy atom. The van der Waals surface area contributed by atoms with Crippen molar-refractivity contribution in [3.05, 3.63) is 47.5 Å². The second-order valence-electron chi connectivity index (χ2n) is 7.50. The Morgan fingerprint density at radius 2 is 1.93 bits per heavy atom. The van der Waals surface area contributed by atoms with Crippen molar-refractivity contribution in [3.8, 4) is 22.1 Å². The summed E-state index contributed by atoms with van der Waals surface area (Å²) in [7, 11) is 0. The van der Waals surface area contributed by atoms with Gasteiger partial charge in [-0.25, -0.2) is 4.98 Å². The summed E-state index contributed by atoms with van der Waals surface area (Å²) in [6, 6.07) is 7.18. The number of nitrogens with zero attached hydrogens (tertiary/aromatic N) is 4. The standard InChI is InChI=1S/C21H18FN7S/c22-17-2-1-16(30-17)20-19-13(5-8-24-20)26-21(27-19)18-12-9-14(11-3-6-23-7-4-11)25-10-15(12)28-29-18/h1-2,5,8-11,23H,3-4,6-7H2,(H,26,27)(H,28,29). The number of pyridine rings is 2. The van der Waals surface area contributed by atoms with Crippen molar-refractivity contribution in [2.45, 2.75) is 18.8 Å². The molecule has 5 aromatic heterocycles. The number of aromatic nitrogens is 6. The van der Waals surface area contributed by atoms with Gasteiger partial charge in [0.2, 0.25) is 0 Å². The summed E-state index contributed by atoms with van der Waals surface area (Å²) in [5.74, 6) is 1.11. The van der Waals surface area contributed by atoms with E-state index in [0.717, 1.165) is 70.0 Å². The van der Waals surface area contributed by atoms with Crippen molar-refractivity contribution in [1.82, 2.24) is 35.5 Å². The predicted octanol–water partition coefficient (Wildman–Crippen LogP) is 4.23. The Labute approximate surface area is 174 Å². The number of piperidine rings is 1.